The molecule has 39 heavy (non-hydrogen) atoms. The summed E-state index contributed by atoms with van der Waals surface area (Å²) in [6, 6.07) is 14.8. The SMILES string of the molecule is C=C1CC2(OC1=O)C(=O)N(CC/C=C/CCCN1C(=O)C3(CC(=C)C(=O)O3)c3ccccc31)c1ccccc12. The van der Waals surface area contributed by atoms with E-state index in [0.717, 1.165) is 17.8 Å². The van der Waals surface area contributed by atoms with E-state index in [2.05, 4.69) is 13.2 Å². The van der Waals surface area contributed by atoms with Gasteiger partial charge in [0.25, 0.3) is 11.8 Å². The summed E-state index contributed by atoms with van der Waals surface area (Å²) in [5, 5.41) is 0. The molecule has 4 aliphatic heterocycles. The maximum Gasteiger partial charge on any atom is 0.335 e. The maximum absolute atomic E-state index is 13.4. The molecule has 0 aromatic heterocycles. The molecule has 198 valence electrons. The number of carbonyl (C=O) groups excluding carboxylic acids is 4. The Hall–Kier alpha value is -4.46. The summed E-state index contributed by atoms with van der Waals surface area (Å²) in [5.74, 6) is -1.51. The summed E-state index contributed by atoms with van der Waals surface area (Å²) >= 11 is 0. The Balaban J connectivity index is 1.06. The number of allylic oxidation sites excluding steroid dienone is 1. The standard InChI is InChI=1S/C31H28N2O6/c1-20-18-30(38-26(20)34)22-12-6-8-14-24(22)32(28(30)36)16-10-4-3-5-11-17-33-25-15-9-7-13-23(25)31(29(33)37)19-21(2)27(35)39-31/h3-4,6-9,12-15H,1-2,5,10-11,16-19H2/b4-3+. The molecule has 2 amide bonds. The molecule has 2 aromatic rings. The molecule has 0 bridgehead atoms. The van der Waals surface area contributed by atoms with E-state index in [9.17, 15) is 19.2 Å². The third kappa shape index (κ3) is 3.66. The molecule has 0 aliphatic carbocycles. The molecule has 2 atom stereocenters. The lowest BCUT2D eigenvalue weighted by Gasteiger charge is -2.22. The Kier molecular flexibility index (Phi) is 5.79. The molecule has 2 spiro atoms. The molecule has 0 radical (unpaired) electrons. The number of benzene rings is 2. The van der Waals surface area contributed by atoms with E-state index in [0.29, 0.717) is 48.2 Å². The van der Waals surface area contributed by atoms with Crippen LogP contribution in [0.25, 0.3) is 0 Å². The van der Waals surface area contributed by atoms with Crippen LogP contribution in [0.5, 0.6) is 0 Å². The minimum atomic E-state index is -1.30. The number of nitrogens with zero attached hydrogens (tertiary/aromatic N) is 2. The Morgan fingerprint density at radius 2 is 1.15 bits per heavy atom. The van der Waals surface area contributed by atoms with E-state index in [1.165, 1.54) is 0 Å². The van der Waals surface area contributed by atoms with Crippen LogP contribution < -0.4 is 9.80 Å². The first-order valence-electron chi connectivity index (χ1n) is 13.1. The molecule has 2 unspecified atom stereocenters. The van der Waals surface area contributed by atoms with Gasteiger partial charge in [0.1, 0.15) is 0 Å². The normalized spacial score (nSPS) is 25.4. The summed E-state index contributed by atoms with van der Waals surface area (Å²) < 4.78 is 11.1. The largest absolute Gasteiger partial charge is 0.440 e. The number of unbranched alkanes of at least 4 members (excludes halogenated alkanes) is 1. The Morgan fingerprint density at radius 3 is 1.64 bits per heavy atom. The molecular formula is C31H28N2O6. The van der Waals surface area contributed by atoms with Crippen LogP contribution in [0.2, 0.25) is 0 Å². The lowest BCUT2D eigenvalue weighted by Crippen LogP contribution is -2.40. The van der Waals surface area contributed by atoms with Gasteiger partial charge in [-0.2, -0.15) is 0 Å². The third-order valence-corrected chi connectivity index (χ3v) is 7.92. The molecule has 0 N–H and O–H groups in total. The van der Waals surface area contributed by atoms with Crippen molar-refractivity contribution >= 4 is 35.1 Å². The number of rotatable bonds is 7. The van der Waals surface area contributed by atoms with Gasteiger partial charge in [0.15, 0.2) is 0 Å². The van der Waals surface area contributed by atoms with Gasteiger partial charge in [0, 0.05) is 48.2 Å². The molecule has 4 aliphatic rings. The fourth-order valence-corrected chi connectivity index (χ4v) is 6.05. The van der Waals surface area contributed by atoms with Crippen LogP contribution in [0.15, 0.2) is 85.0 Å². The van der Waals surface area contributed by atoms with Gasteiger partial charge < -0.3 is 19.3 Å². The van der Waals surface area contributed by atoms with E-state index in [1.54, 1.807) is 9.80 Å². The number of para-hydroxylation sites is 2. The van der Waals surface area contributed by atoms with Crippen LogP contribution >= 0.6 is 0 Å². The van der Waals surface area contributed by atoms with Crippen LogP contribution in [-0.4, -0.2) is 36.8 Å². The van der Waals surface area contributed by atoms with Gasteiger partial charge in [-0.05, 0) is 31.4 Å². The summed E-state index contributed by atoms with van der Waals surface area (Å²) in [6.45, 7) is 8.46. The van der Waals surface area contributed by atoms with Crippen molar-refractivity contribution in [3.05, 3.63) is 96.1 Å². The highest BCUT2D eigenvalue weighted by Crippen LogP contribution is 2.51. The van der Waals surface area contributed by atoms with E-state index in [4.69, 9.17) is 9.47 Å². The predicted octanol–water partition coefficient (Wildman–Crippen LogP) is 4.20. The monoisotopic (exact) mass is 524 g/mol. The molecule has 2 fully saturated rings. The predicted molar refractivity (Wildman–Crippen MR) is 144 cm³/mol. The molecule has 2 saturated heterocycles. The lowest BCUT2D eigenvalue weighted by atomic mass is 9.91. The van der Waals surface area contributed by atoms with Crippen LogP contribution in [-0.2, 0) is 39.9 Å². The highest BCUT2D eigenvalue weighted by atomic mass is 16.6. The number of anilines is 2. The highest BCUT2D eigenvalue weighted by molar-refractivity contribution is 6.12. The van der Waals surface area contributed by atoms with E-state index in [1.807, 2.05) is 60.7 Å². The van der Waals surface area contributed by atoms with Crippen molar-refractivity contribution in [2.75, 3.05) is 22.9 Å². The second kappa shape index (κ2) is 9.08. The molecule has 4 heterocycles. The van der Waals surface area contributed by atoms with E-state index >= 15 is 0 Å². The van der Waals surface area contributed by atoms with Crippen LogP contribution in [0.4, 0.5) is 11.4 Å². The molecule has 2 aromatic carbocycles. The number of amides is 2. The second-order valence-electron chi connectivity index (χ2n) is 10.3. The lowest BCUT2D eigenvalue weighted by molar-refractivity contribution is -0.156. The quantitative estimate of drug-likeness (QED) is 0.233. The highest BCUT2D eigenvalue weighted by Gasteiger charge is 2.59. The number of esters is 2. The van der Waals surface area contributed by atoms with Gasteiger partial charge in [-0.1, -0.05) is 61.7 Å². The Morgan fingerprint density at radius 1 is 0.692 bits per heavy atom. The maximum atomic E-state index is 13.4. The molecule has 8 nitrogen and oxygen atoms in total. The number of carbonyl (C=O) groups is 4. The average Bonchev–Trinajstić information content (AvgIpc) is 3.56. The van der Waals surface area contributed by atoms with Gasteiger partial charge in [-0.25, -0.2) is 9.59 Å². The van der Waals surface area contributed by atoms with Crippen molar-refractivity contribution in [2.24, 2.45) is 0 Å². The first-order valence-corrected chi connectivity index (χ1v) is 13.1. The fraction of sp³-hybridized carbons (Fsp3) is 0.290. The minimum absolute atomic E-state index is 0.168. The van der Waals surface area contributed by atoms with Gasteiger partial charge in [0.2, 0.25) is 11.2 Å². The summed E-state index contributed by atoms with van der Waals surface area (Å²) in [5.41, 5.74) is 0.961. The van der Waals surface area contributed by atoms with Crippen LogP contribution in [0, 0.1) is 0 Å². The van der Waals surface area contributed by atoms with Gasteiger partial charge in [-0.3, -0.25) is 9.59 Å². The minimum Gasteiger partial charge on any atom is -0.440 e. The molecule has 0 saturated carbocycles. The summed E-state index contributed by atoms with van der Waals surface area (Å²) in [6.07, 6.45) is 6.47. The molecule has 6 rings (SSSR count). The summed E-state index contributed by atoms with van der Waals surface area (Å²) in [4.78, 5) is 54.3. The zero-order chi connectivity index (χ0) is 27.4. The summed E-state index contributed by atoms with van der Waals surface area (Å²) in [7, 11) is 0. The van der Waals surface area contributed by atoms with Gasteiger partial charge in [-0.15, -0.1) is 0 Å². The Bertz CT molecular complexity index is 1460. The van der Waals surface area contributed by atoms with Crippen molar-refractivity contribution in [1.82, 2.24) is 0 Å². The van der Waals surface area contributed by atoms with Crippen LogP contribution in [0.3, 0.4) is 0 Å². The number of hydrogen-bond donors (Lipinski definition) is 0. The Labute approximate surface area is 226 Å². The van der Waals surface area contributed by atoms with E-state index < -0.39 is 23.1 Å². The number of ether oxygens (including phenoxy) is 2. The zero-order valence-corrected chi connectivity index (χ0v) is 21.5. The second-order valence-corrected chi connectivity index (χ2v) is 10.3. The number of fused-ring (bicyclic) bond motifs is 4. The first-order chi connectivity index (χ1) is 18.8. The van der Waals surface area contributed by atoms with Crippen molar-refractivity contribution in [1.29, 1.82) is 0 Å². The van der Waals surface area contributed by atoms with Crippen molar-refractivity contribution in [2.45, 2.75) is 43.3 Å². The van der Waals surface area contributed by atoms with Crippen LogP contribution in [0.1, 0.15) is 43.2 Å². The van der Waals surface area contributed by atoms with E-state index in [-0.39, 0.29) is 24.7 Å². The first kappa shape index (κ1) is 24.9. The molecular weight excluding hydrogens is 496 g/mol. The topological polar surface area (TPSA) is 93.2 Å². The average molecular weight is 525 g/mol. The molecule has 8 heteroatoms. The fourth-order valence-electron chi connectivity index (χ4n) is 6.05. The van der Waals surface area contributed by atoms with Gasteiger partial charge >= 0.3 is 11.9 Å². The smallest absolute Gasteiger partial charge is 0.335 e. The van der Waals surface area contributed by atoms with Crippen molar-refractivity contribution in [3.63, 3.8) is 0 Å². The third-order valence-electron chi connectivity index (χ3n) is 7.92. The van der Waals surface area contributed by atoms with Crippen molar-refractivity contribution < 1.29 is 28.7 Å². The van der Waals surface area contributed by atoms with Crippen molar-refractivity contribution in [3.8, 4) is 0 Å². The zero-order valence-electron chi connectivity index (χ0n) is 21.5. The number of hydrogen-bond acceptors (Lipinski definition) is 6. The van der Waals surface area contributed by atoms with Gasteiger partial charge in [0.05, 0.1) is 11.4 Å².